The highest BCUT2D eigenvalue weighted by Gasteiger charge is 2.08. The Kier molecular flexibility index (Phi) is 10.3. The summed E-state index contributed by atoms with van der Waals surface area (Å²) in [5, 5.41) is 20.9. The van der Waals surface area contributed by atoms with Crippen molar-refractivity contribution in [1.29, 1.82) is 0 Å². The third-order valence-electron chi connectivity index (χ3n) is 2.97. The Hall–Kier alpha value is -0.120. The predicted molar refractivity (Wildman–Crippen MR) is 63.9 cm³/mol. The largest absolute Gasteiger partial charge is 0.395 e. The average Bonchev–Trinajstić information content (AvgIpc) is 2.28. The van der Waals surface area contributed by atoms with E-state index in [9.17, 15) is 0 Å². The summed E-state index contributed by atoms with van der Waals surface area (Å²) in [6.07, 6.45) is 6.25. The number of aliphatic hydroxyl groups excluding tert-OH is 2. The zero-order valence-corrected chi connectivity index (χ0v) is 10.2. The second kappa shape index (κ2) is 10.4. The van der Waals surface area contributed by atoms with E-state index in [-0.39, 0.29) is 19.3 Å². The minimum Gasteiger partial charge on any atom is -0.395 e. The number of hydrogen-bond donors (Lipinski definition) is 3. The van der Waals surface area contributed by atoms with Crippen LogP contribution in [0, 0.1) is 5.92 Å². The van der Waals surface area contributed by atoms with Crippen LogP contribution in [0.4, 0.5) is 0 Å². The summed E-state index contributed by atoms with van der Waals surface area (Å²) in [4.78, 5) is 0. The summed E-state index contributed by atoms with van der Waals surface area (Å²) in [5.74, 6) is 0.787. The molecule has 0 saturated heterocycles. The maximum atomic E-state index is 8.87. The first-order valence-electron chi connectivity index (χ1n) is 6.23. The number of hydrogen-bond acceptors (Lipinski definition) is 3. The van der Waals surface area contributed by atoms with E-state index < -0.39 is 0 Å². The molecule has 0 aromatic rings. The topological polar surface area (TPSA) is 52.5 Å². The first-order chi connectivity index (χ1) is 7.28. The van der Waals surface area contributed by atoms with Gasteiger partial charge in [0.1, 0.15) is 0 Å². The van der Waals surface area contributed by atoms with Gasteiger partial charge in [-0.05, 0) is 18.9 Å². The first-order valence-corrected chi connectivity index (χ1v) is 6.23. The van der Waals surface area contributed by atoms with Gasteiger partial charge in [0, 0.05) is 0 Å². The van der Waals surface area contributed by atoms with Gasteiger partial charge in [0.2, 0.25) is 0 Å². The molecule has 0 rings (SSSR count). The SMILES string of the molecule is CCCCC(CC)CCNC(CO)CO. The van der Waals surface area contributed by atoms with Crippen molar-refractivity contribution in [1.82, 2.24) is 5.32 Å². The fourth-order valence-electron chi connectivity index (χ4n) is 1.72. The molecule has 92 valence electrons. The molecule has 0 aromatic heterocycles. The molecule has 0 aliphatic heterocycles. The zero-order chi connectivity index (χ0) is 11.5. The van der Waals surface area contributed by atoms with Gasteiger partial charge < -0.3 is 15.5 Å². The second-order valence-electron chi connectivity index (χ2n) is 4.22. The molecule has 0 radical (unpaired) electrons. The molecule has 0 heterocycles. The maximum Gasteiger partial charge on any atom is 0.0607 e. The lowest BCUT2D eigenvalue weighted by atomic mass is 9.96. The molecule has 0 saturated carbocycles. The zero-order valence-electron chi connectivity index (χ0n) is 10.2. The van der Waals surface area contributed by atoms with E-state index in [4.69, 9.17) is 10.2 Å². The van der Waals surface area contributed by atoms with Gasteiger partial charge in [-0.25, -0.2) is 0 Å². The van der Waals surface area contributed by atoms with Crippen molar-refractivity contribution in [3.8, 4) is 0 Å². The molecular weight excluding hydrogens is 190 g/mol. The van der Waals surface area contributed by atoms with Crippen LogP contribution in [0.15, 0.2) is 0 Å². The third kappa shape index (κ3) is 7.77. The van der Waals surface area contributed by atoms with Crippen molar-refractivity contribution in [3.63, 3.8) is 0 Å². The van der Waals surface area contributed by atoms with E-state index in [1.807, 2.05) is 0 Å². The van der Waals surface area contributed by atoms with Crippen LogP contribution in [0.25, 0.3) is 0 Å². The van der Waals surface area contributed by atoms with Crippen LogP contribution in [0.5, 0.6) is 0 Å². The van der Waals surface area contributed by atoms with Crippen molar-refractivity contribution in [3.05, 3.63) is 0 Å². The molecule has 15 heavy (non-hydrogen) atoms. The summed E-state index contributed by atoms with van der Waals surface area (Å²) in [6, 6.07) is -0.145. The molecular formula is C12H27NO2. The minimum atomic E-state index is -0.145. The van der Waals surface area contributed by atoms with Gasteiger partial charge in [-0.3, -0.25) is 0 Å². The molecule has 0 aliphatic rings. The van der Waals surface area contributed by atoms with Crippen molar-refractivity contribution in [2.24, 2.45) is 5.92 Å². The summed E-state index contributed by atoms with van der Waals surface area (Å²) < 4.78 is 0. The maximum absolute atomic E-state index is 8.87. The van der Waals surface area contributed by atoms with Crippen LogP contribution in [0.2, 0.25) is 0 Å². The fraction of sp³-hybridized carbons (Fsp3) is 1.00. The van der Waals surface area contributed by atoms with Crippen LogP contribution in [0.3, 0.4) is 0 Å². The van der Waals surface area contributed by atoms with E-state index in [2.05, 4.69) is 19.2 Å². The lowest BCUT2D eigenvalue weighted by molar-refractivity contribution is 0.169. The van der Waals surface area contributed by atoms with Crippen molar-refractivity contribution >= 4 is 0 Å². The standard InChI is InChI=1S/C12H27NO2/c1-3-5-6-11(4-2)7-8-13-12(9-14)10-15/h11-15H,3-10H2,1-2H3. The molecule has 1 atom stereocenters. The Balaban J connectivity index is 3.52. The molecule has 0 spiro atoms. The number of aliphatic hydroxyl groups is 2. The monoisotopic (exact) mass is 217 g/mol. The predicted octanol–water partition coefficient (Wildman–Crippen LogP) is 1.54. The van der Waals surface area contributed by atoms with Gasteiger partial charge in [0.15, 0.2) is 0 Å². The summed E-state index contributed by atoms with van der Waals surface area (Å²) >= 11 is 0. The Morgan fingerprint density at radius 2 is 1.73 bits per heavy atom. The van der Waals surface area contributed by atoms with Gasteiger partial charge in [0.05, 0.1) is 19.3 Å². The third-order valence-corrected chi connectivity index (χ3v) is 2.97. The molecule has 3 heteroatoms. The van der Waals surface area contributed by atoms with Gasteiger partial charge >= 0.3 is 0 Å². The average molecular weight is 217 g/mol. The van der Waals surface area contributed by atoms with Gasteiger partial charge in [-0.2, -0.15) is 0 Å². The van der Waals surface area contributed by atoms with Crippen molar-refractivity contribution in [2.45, 2.75) is 52.0 Å². The second-order valence-corrected chi connectivity index (χ2v) is 4.22. The first kappa shape index (κ1) is 14.9. The van der Waals surface area contributed by atoms with E-state index >= 15 is 0 Å². The van der Waals surface area contributed by atoms with Crippen LogP contribution in [-0.4, -0.2) is 36.0 Å². The highest BCUT2D eigenvalue weighted by molar-refractivity contribution is 4.65. The molecule has 3 N–H and O–H groups in total. The molecule has 0 fully saturated rings. The van der Waals surface area contributed by atoms with Crippen molar-refractivity contribution in [2.75, 3.05) is 19.8 Å². The van der Waals surface area contributed by atoms with Crippen molar-refractivity contribution < 1.29 is 10.2 Å². The summed E-state index contributed by atoms with van der Waals surface area (Å²) in [5.41, 5.74) is 0. The van der Waals surface area contributed by atoms with Gasteiger partial charge in [0.25, 0.3) is 0 Å². The number of rotatable bonds is 10. The van der Waals surface area contributed by atoms with Crippen LogP contribution >= 0.6 is 0 Å². The van der Waals surface area contributed by atoms with E-state index in [0.717, 1.165) is 18.9 Å². The quantitative estimate of drug-likeness (QED) is 0.520. The minimum absolute atomic E-state index is 0.0161. The smallest absolute Gasteiger partial charge is 0.0607 e. The van der Waals surface area contributed by atoms with Gasteiger partial charge in [-0.15, -0.1) is 0 Å². The summed E-state index contributed by atoms with van der Waals surface area (Å²) in [7, 11) is 0. The lowest BCUT2D eigenvalue weighted by Crippen LogP contribution is -2.36. The van der Waals surface area contributed by atoms with E-state index in [1.54, 1.807) is 0 Å². The Bertz CT molecular complexity index is 127. The molecule has 0 amide bonds. The molecule has 0 aliphatic carbocycles. The Morgan fingerprint density at radius 1 is 1.07 bits per heavy atom. The van der Waals surface area contributed by atoms with Gasteiger partial charge in [-0.1, -0.05) is 39.5 Å². The van der Waals surface area contributed by atoms with Crippen LogP contribution in [0.1, 0.15) is 46.0 Å². The lowest BCUT2D eigenvalue weighted by Gasteiger charge is -2.17. The molecule has 0 aromatic carbocycles. The molecule has 1 unspecified atom stereocenters. The molecule has 0 bridgehead atoms. The molecule has 3 nitrogen and oxygen atoms in total. The highest BCUT2D eigenvalue weighted by atomic mass is 16.3. The normalized spacial score (nSPS) is 13.4. The van der Waals surface area contributed by atoms with Crippen LogP contribution in [-0.2, 0) is 0 Å². The van der Waals surface area contributed by atoms with Crippen LogP contribution < -0.4 is 5.32 Å². The highest BCUT2D eigenvalue weighted by Crippen LogP contribution is 2.15. The summed E-state index contributed by atoms with van der Waals surface area (Å²) in [6.45, 7) is 5.38. The fourth-order valence-corrected chi connectivity index (χ4v) is 1.72. The Morgan fingerprint density at radius 3 is 2.20 bits per heavy atom. The Labute approximate surface area is 93.9 Å². The number of nitrogens with one attached hydrogen (secondary N) is 1. The number of unbranched alkanes of at least 4 members (excludes halogenated alkanes) is 1. The van der Waals surface area contributed by atoms with E-state index in [1.165, 1.54) is 25.7 Å². The van der Waals surface area contributed by atoms with E-state index in [0.29, 0.717) is 0 Å².